The van der Waals surface area contributed by atoms with Gasteiger partial charge in [-0.25, -0.2) is 4.98 Å². The summed E-state index contributed by atoms with van der Waals surface area (Å²) in [5, 5.41) is 42.9. The van der Waals surface area contributed by atoms with Crippen LogP contribution in [0.1, 0.15) is 88.1 Å². The maximum atomic E-state index is 14.9. The summed E-state index contributed by atoms with van der Waals surface area (Å²) in [6, 6.07) is 10.0. The van der Waals surface area contributed by atoms with E-state index in [2.05, 4.69) is 57.5 Å². The average Bonchev–Trinajstić information content (AvgIpc) is 3.03. The molecule has 0 unspecified atom stereocenters. The molecule has 0 radical (unpaired) electrons. The third-order valence-electron chi connectivity index (χ3n) is 15.8. The van der Waals surface area contributed by atoms with Gasteiger partial charge in [-0.05, 0) is 86.0 Å². The zero-order chi connectivity index (χ0) is 63.7. The van der Waals surface area contributed by atoms with Gasteiger partial charge in [0.05, 0.1) is 19.0 Å². The molecule has 2 aliphatic rings. The summed E-state index contributed by atoms with van der Waals surface area (Å²) in [7, 11) is 0. The van der Waals surface area contributed by atoms with Crippen LogP contribution in [0.2, 0.25) is 0 Å². The van der Waals surface area contributed by atoms with Crippen molar-refractivity contribution in [1.29, 1.82) is 0 Å². The molecule has 5 aromatic rings. The van der Waals surface area contributed by atoms with Gasteiger partial charge >= 0.3 is 0 Å². The van der Waals surface area contributed by atoms with Gasteiger partial charge in [0.1, 0.15) is 48.0 Å². The number of nitrogens with zero attached hydrogens (tertiary/aromatic N) is 2. The molecule has 88 heavy (non-hydrogen) atoms. The van der Waals surface area contributed by atoms with E-state index in [1.54, 1.807) is 86.5 Å². The Morgan fingerprint density at radius 1 is 0.682 bits per heavy atom. The number of hydrogen-bond acceptors (Lipinski definition) is 15. The lowest BCUT2D eigenvalue weighted by molar-refractivity contribution is -0.144. The number of hydrogen-bond donors (Lipinski definition) is 14. The van der Waals surface area contributed by atoms with Crippen LogP contribution in [0.15, 0.2) is 97.6 Å². The second-order valence-corrected chi connectivity index (χ2v) is 22.6. The van der Waals surface area contributed by atoms with Crippen molar-refractivity contribution in [3.8, 4) is 5.75 Å². The van der Waals surface area contributed by atoms with Crippen LogP contribution in [0.3, 0.4) is 0 Å². The summed E-state index contributed by atoms with van der Waals surface area (Å²) >= 11 is 0. The van der Waals surface area contributed by atoms with Gasteiger partial charge in [-0.1, -0.05) is 81.4 Å². The van der Waals surface area contributed by atoms with Gasteiger partial charge < -0.3 is 74.2 Å². The van der Waals surface area contributed by atoms with Gasteiger partial charge in [0.25, 0.3) is 0 Å². The molecule has 3 aromatic carbocycles. The van der Waals surface area contributed by atoms with Crippen molar-refractivity contribution < 1.29 is 63.0 Å². The first-order chi connectivity index (χ1) is 42.1. The predicted octanol–water partition coefficient (Wildman–Crippen LogP) is -1.25. The first-order valence-corrected chi connectivity index (χ1v) is 29.3. The van der Waals surface area contributed by atoms with Crippen LogP contribution in [-0.4, -0.2) is 168 Å². The lowest BCUT2D eigenvalue weighted by Gasteiger charge is -2.36. The molecular weight excluding hydrogens is 1140 g/mol. The Morgan fingerprint density at radius 2 is 1.24 bits per heavy atom. The van der Waals surface area contributed by atoms with Crippen molar-refractivity contribution in [3.05, 3.63) is 120 Å². The number of benzene rings is 3. The van der Waals surface area contributed by atoms with Crippen LogP contribution in [0.25, 0.3) is 10.9 Å². The summed E-state index contributed by atoms with van der Waals surface area (Å²) < 4.78 is 0. The molecule has 2 aromatic heterocycles. The summed E-state index contributed by atoms with van der Waals surface area (Å²) in [5.74, 6) is -9.28. The monoisotopic (exact) mass is 1210 g/mol. The number of aliphatic hydroxyl groups excluding tert-OH is 1. The second-order valence-electron chi connectivity index (χ2n) is 22.6. The largest absolute Gasteiger partial charge is 0.508 e. The molecule has 0 saturated carbocycles. The lowest BCUT2D eigenvalue weighted by atomic mass is 9.84. The lowest BCUT2D eigenvalue weighted by Crippen LogP contribution is -2.65. The van der Waals surface area contributed by atoms with E-state index in [4.69, 9.17) is 11.5 Å². The van der Waals surface area contributed by atoms with Crippen molar-refractivity contribution >= 4 is 75.8 Å². The number of nitrogens with one attached hydrogen (secondary N) is 10. The number of carbonyl (C=O) groups excluding carboxylic acids is 11. The Morgan fingerprint density at radius 3 is 1.81 bits per heavy atom. The first-order valence-electron chi connectivity index (χ1n) is 29.3. The van der Waals surface area contributed by atoms with Crippen LogP contribution in [0, 0.1) is 5.92 Å². The van der Waals surface area contributed by atoms with Crippen molar-refractivity contribution in [1.82, 2.24) is 62.4 Å². The number of likely N-dealkylation sites (tertiary alicyclic amines) is 1. The van der Waals surface area contributed by atoms with E-state index in [0.29, 0.717) is 46.3 Å². The number of likely N-dealkylation sites (N-methyl/N-ethyl adjacent to an activating group) is 1. The standard InChI is InChI=1S/C61H78N14O13/c1-4-75-24-10-23-61(75,60(63)88)52(80)42(19-21-50(62)78)68-54(82)44(25-34(2)3)69-55(83)45(26-35-11-6-5-7-12-35)70-56(84)46(27-36-15-17-39(77)18-16-36)71-59(87)49(32-76)74-57(85)47(28-37-30-65-41-14-9-8-13-40(37)41)72-58(86)48(29-38-31-64-33-66-38)73-53(81)43-20-22-51(79)67-43/h5-9,11-18,30-31,33-34,42-49,65,76-77H,4,10,19-29,32H2,1-3H3,(H2,62,78)(H2,63,88)(H,64,66)(H,67,79)(H,68,82)(H,69,83)(H,70,84)(H,71,87)(H,72,86)(H,73,81)(H,74,85)/t42-,43-,44-,45+,46-,47-,48-,49-,61+/m0/s1. The number of rotatable bonds is 32. The number of phenols is 1. The molecule has 7 rings (SSSR count). The number of amides is 10. The highest BCUT2D eigenvalue weighted by Crippen LogP contribution is 2.32. The van der Waals surface area contributed by atoms with Gasteiger partial charge in [-0.3, -0.25) is 57.6 Å². The number of ketones is 1. The van der Waals surface area contributed by atoms with Crippen molar-refractivity contribution in [2.24, 2.45) is 17.4 Å². The smallest absolute Gasteiger partial charge is 0.245 e. The van der Waals surface area contributed by atoms with Crippen LogP contribution < -0.4 is 54.0 Å². The minimum absolute atomic E-state index is 0.00606. The molecule has 16 N–H and O–H groups in total. The SMILES string of the molecule is CCN1CCC[C@]1(C(N)=O)C(=O)[C@H](CCC(N)=O)NC(=O)[C@H](CC(C)C)NC(=O)[C@@H](Cc1ccccc1)NC(=O)[C@H](Cc1ccc(O)cc1)NC(=O)[C@H](CO)NC(=O)[C@H](Cc1c[nH]c2ccccc12)NC(=O)[C@H](Cc1cnc[nH]1)NC(=O)[C@@H]1CCC(=O)N1. The van der Waals surface area contributed by atoms with E-state index >= 15 is 0 Å². The molecule has 470 valence electrons. The summed E-state index contributed by atoms with van der Waals surface area (Å²) in [5.41, 5.74) is 12.3. The molecule has 2 fully saturated rings. The highest BCUT2D eigenvalue weighted by molar-refractivity contribution is 6.13. The fourth-order valence-electron chi connectivity index (χ4n) is 11.1. The second kappa shape index (κ2) is 30.7. The minimum Gasteiger partial charge on any atom is -0.508 e. The Balaban J connectivity index is 1.14. The topological polar surface area (TPSA) is 424 Å². The maximum Gasteiger partial charge on any atom is 0.245 e. The van der Waals surface area contributed by atoms with E-state index in [-0.39, 0.29) is 88.3 Å². The van der Waals surface area contributed by atoms with E-state index < -0.39 is 119 Å². The van der Waals surface area contributed by atoms with E-state index in [0.717, 1.165) is 0 Å². The summed E-state index contributed by atoms with van der Waals surface area (Å²) in [6.45, 7) is 4.95. The number of carbonyl (C=O) groups is 11. The number of aromatic amines is 2. The van der Waals surface area contributed by atoms with E-state index in [1.807, 2.05) is 0 Å². The number of phenolic OH excluding ortho intramolecular Hbond substituents is 1. The Kier molecular flexibility index (Phi) is 23.1. The number of aromatic nitrogens is 3. The number of nitrogens with two attached hydrogens (primary N) is 2. The number of fused-ring (bicyclic) bond motifs is 1. The third kappa shape index (κ3) is 17.4. The van der Waals surface area contributed by atoms with Gasteiger partial charge in [0.15, 0.2) is 11.3 Å². The fourth-order valence-corrected chi connectivity index (χ4v) is 11.1. The number of aliphatic hydroxyl groups is 1. The van der Waals surface area contributed by atoms with Crippen LogP contribution in [0.4, 0.5) is 0 Å². The maximum absolute atomic E-state index is 14.9. The van der Waals surface area contributed by atoms with Crippen molar-refractivity contribution in [2.75, 3.05) is 19.7 Å². The zero-order valence-corrected chi connectivity index (χ0v) is 49.3. The molecule has 4 heterocycles. The highest BCUT2D eigenvalue weighted by atomic mass is 16.3. The third-order valence-corrected chi connectivity index (χ3v) is 15.8. The molecule has 27 heteroatoms. The number of primary amides is 2. The van der Waals surface area contributed by atoms with Gasteiger partial charge in [-0.2, -0.15) is 0 Å². The molecule has 0 spiro atoms. The molecule has 2 saturated heterocycles. The quantitative estimate of drug-likeness (QED) is 0.0224. The molecule has 2 aliphatic heterocycles. The average molecular weight is 1220 g/mol. The van der Waals surface area contributed by atoms with Crippen LogP contribution in [0.5, 0.6) is 5.75 Å². The van der Waals surface area contributed by atoms with Crippen molar-refractivity contribution in [3.63, 3.8) is 0 Å². The fraction of sp³-hybridized carbons (Fsp3) is 0.443. The Labute approximate surface area is 507 Å². The summed E-state index contributed by atoms with van der Waals surface area (Å²) in [6.07, 6.45) is 3.93. The van der Waals surface area contributed by atoms with E-state index in [9.17, 15) is 63.0 Å². The molecular formula is C61H78N14O13. The number of imidazole rings is 1. The normalized spacial score (nSPS) is 18.1. The molecule has 0 aliphatic carbocycles. The zero-order valence-electron chi connectivity index (χ0n) is 49.3. The van der Waals surface area contributed by atoms with Crippen LogP contribution in [-0.2, 0) is 78.4 Å². The molecule has 0 bridgehead atoms. The van der Waals surface area contributed by atoms with E-state index in [1.165, 1.54) is 36.8 Å². The number of aromatic hydroxyl groups is 1. The predicted molar refractivity (Wildman–Crippen MR) is 319 cm³/mol. The highest BCUT2D eigenvalue weighted by Gasteiger charge is 2.54. The molecule has 10 amide bonds. The van der Waals surface area contributed by atoms with Crippen molar-refractivity contribution in [2.45, 2.75) is 145 Å². The molecule has 9 atom stereocenters. The minimum atomic E-state index is -1.79. The number of Topliss-reactive ketones (excluding diaryl/α,β-unsaturated/α-hetero) is 1. The van der Waals surface area contributed by atoms with Gasteiger partial charge in [0.2, 0.25) is 59.1 Å². The number of para-hydroxylation sites is 1. The van der Waals surface area contributed by atoms with Crippen LogP contribution >= 0.6 is 0 Å². The number of H-pyrrole nitrogens is 2. The van der Waals surface area contributed by atoms with Gasteiger partial charge in [0, 0.05) is 67.5 Å². The first kappa shape index (κ1) is 66.0. The van der Waals surface area contributed by atoms with Gasteiger partial charge in [-0.15, -0.1) is 0 Å². The Hall–Kier alpha value is -9.50. The summed E-state index contributed by atoms with van der Waals surface area (Å²) in [4.78, 5) is 164. The Bertz CT molecular complexity index is 3300. The molecule has 27 nitrogen and oxygen atoms in total.